The standard InChI is InChI=1S/C21H20N4O4/c26-19(11-10-18-22-15-7-2-1-6-14(15)20(27)24-18)29-13-5-12-25-17-9-4-3-8-16(17)23-21(25)28/h1-4,6-9H,5,10-13H2,(H,23,28)(H,22,24,27). The lowest BCUT2D eigenvalue weighted by molar-refractivity contribution is -0.143. The summed E-state index contributed by atoms with van der Waals surface area (Å²) in [5, 5.41) is 0.520. The molecule has 8 heteroatoms. The third-order valence-corrected chi connectivity index (χ3v) is 4.70. The lowest BCUT2D eigenvalue weighted by Gasteiger charge is -2.06. The van der Waals surface area contributed by atoms with Gasteiger partial charge in [-0.2, -0.15) is 0 Å². The van der Waals surface area contributed by atoms with Crippen LogP contribution in [0, 0.1) is 0 Å². The molecule has 0 unspecified atom stereocenters. The number of hydrogen-bond donors (Lipinski definition) is 2. The second kappa shape index (κ2) is 8.14. The number of carbonyl (C=O) groups is 1. The SMILES string of the molecule is O=C(CCc1nc2ccccc2c(=O)[nH]1)OCCCn1c(=O)[nH]c2ccccc21. The van der Waals surface area contributed by atoms with Crippen LogP contribution in [0.3, 0.4) is 0 Å². The first-order valence-electron chi connectivity index (χ1n) is 9.43. The maximum absolute atomic E-state index is 12.0. The highest BCUT2D eigenvalue weighted by atomic mass is 16.5. The Hall–Kier alpha value is -3.68. The van der Waals surface area contributed by atoms with Crippen LogP contribution in [0.2, 0.25) is 0 Å². The molecule has 0 fully saturated rings. The number of aryl methyl sites for hydroxylation is 2. The molecule has 2 aromatic heterocycles. The summed E-state index contributed by atoms with van der Waals surface area (Å²) in [6, 6.07) is 14.5. The van der Waals surface area contributed by atoms with Crippen molar-refractivity contribution in [2.75, 3.05) is 6.61 Å². The van der Waals surface area contributed by atoms with Gasteiger partial charge >= 0.3 is 11.7 Å². The number of ether oxygens (including phenoxy) is 1. The Bertz CT molecular complexity index is 1290. The monoisotopic (exact) mass is 392 g/mol. The van der Waals surface area contributed by atoms with E-state index in [0.29, 0.717) is 36.1 Å². The summed E-state index contributed by atoms with van der Waals surface area (Å²) in [6.07, 6.45) is 0.938. The number of nitrogens with zero attached hydrogens (tertiary/aromatic N) is 2. The number of para-hydroxylation sites is 3. The van der Waals surface area contributed by atoms with Crippen molar-refractivity contribution in [2.24, 2.45) is 0 Å². The van der Waals surface area contributed by atoms with Crippen LogP contribution < -0.4 is 11.2 Å². The second-order valence-electron chi connectivity index (χ2n) is 6.70. The van der Waals surface area contributed by atoms with Gasteiger partial charge in [0.25, 0.3) is 5.56 Å². The lowest BCUT2D eigenvalue weighted by atomic mass is 10.2. The third kappa shape index (κ3) is 4.11. The van der Waals surface area contributed by atoms with Gasteiger partial charge in [-0.3, -0.25) is 14.2 Å². The molecule has 2 aromatic carbocycles. The topological polar surface area (TPSA) is 110 Å². The van der Waals surface area contributed by atoms with Crippen molar-refractivity contribution in [3.63, 3.8) is 0 Å². The Morgan fingerprint density at radius 3 is 2.72 bits per heavy atom. The molecular weight excluding hydrogens is 372 g/mol. The Labute approximate surface area is 165 Å². The fourth-order valence-corrected chi connectivity index (χ4v) is 3.28. The Morgan fingerprint density at radius 2 is 1.83 bits per heavy atom. The summed E-state index contributed by atoms with van der Waals surface area (Å²) >= 11 is 0. The third-order valence-electron chi connectivity index (χ3n) is 4.70. The number of H-pyrrole nitrogens is 2. The summed E-state index contributed by atoms with van der Waals surface area (Å²) in [5.74, 6) is 0.0862. The van der Waals surface area contributed by atoms with Gasteiger partial charge in [-0.05, 0) is 30.7 Å². The van der Waals surface area contributed by atoms with Gasteiger partial charge in [0.15, 0.2) is 0 Å². The number of nitrogens with one attached hydrogen (secondary N) is 2. The van der Waals surface area contributed by atoms with E-state index in [1.165, 1.54) is 0 Å². The van der Waals surface area contributed by atoms with E-state index in [1.807, 2.05) is 30.3 Å². The number of esters is 1. The van der Waals surface area contributed by atoms with Crippen LogP contribution in [0.15, 0.2) is 58.1 Å². The predicted octanol–water partition coefficient (Wildman–Crippen LogP) is 2.13. The van der Waals surface area contributed by atoms with Gasteiger partial charge in [0.2, 0.25) is 0 Å². The van der Waals surface area contributed by atoms with Crippen molar-refractivity contribution in [1.82, 2.24) is 19.5 Å². The van der Waals surface area contributed by atoms with E-state index in [4.69, 9.17) is 4.74 Å². The average Bonchev–Trinajstić information content (AvgIpc) is 3.05. The fraction of sp³-hybridized carbons (Fsp3) is 0.238. The molecule has 148 valence electrons. The van der Waals surface area contributed by atoms with Crippen LogP contribution >= 0.6 is 0 Å². The summed E-state index contributed by atoms with van der Waals surface area (Å²) in [4.78, 5) is 45.9. The van der Waals surface area contributed by atoms with Gasteiger partial charge in [-0.15, -0.1) is 0 Å². The first kappa shape index (κ1) is 18.7. The number of fused-ring (bicyclic) bond motifs is 2. The molecule has 0 saturated heterocycles. The van der Waals surface area contributed by atoms with Crippen LogP contribution in [0.1, 0.15) is 18.7 Å². The zero-order valence-electron chi connectivity index (χ0n) is 15.7. The Morgan fingerprint density at radius 1 is 1.03 bits per heavy atom. The van der Waals surface area contributed by atoms with E-state index in [1.54, 1.807) is 22.8 Å². The molecule has 4 aromatic rings. The van der Waals surface area contributed by atoms with Crippen molar-refractivity contribution in [3.8, 4) is 0 Å². The van der Waals surface area contributed by atoms with E-state index >= 15 is 0 Å². The molecule has 4 rings (SSSR count). The fourth-order valence-electron chi connectivity index (χ4n) is 3.28. The summed E-state index contributed by atoms with van der Waals surface area (Å²) in [5.41, 5.74) is 1.82. The van der Waals surface area contributed by atoms with E-state index in [9.17, 15) is 14.4 Å². The van der Waals surface area contributed by atoms with Gasteiger partial charge in [-0.25, -0.2) is 9.78 Å². The minimum absolute atomic E-state index is 0.119. The van der Waals surface area contributed by atoms with E-state index in [2.05, 4.69) is 15.0 Å². The number of carbonyl (C=O) groups excluding carboxylic acids is 1. The van der Waals surface area contributed by atoms with E-state index in [0.717, 1.165) is 11.0 Å². The summed E-state index contributed by atoms with van der Waals surface area (Å²) < 4.78 is 6.88. The number of hydrogen-bond acceptors (Lipinski definition) is 5. The zero-order chi connectivity index (χ0) is 20.2. The number of aromatic amines is 2. The molecule has 0 spiro atoms. The van der Waals surface area contributed by atoms with Gasteiger partial charge in [0.05, 0.1) is 35.0 Å². The number of benzene rings is 2. The molecule has 0 saturated carbocycles. The quantitative estimate of drug-likeness (QED) is 0.370. The molecule has 0 radical (unpaired) electrons. The van der Waals surface area contributed by atoms with Gasteiger partial charge in [0.1, 0.15) is 5.82 Å². The highest BCUT2D eigenvalue weighted by Gasteiger charge is 2.09. The second-order valence-corrected chi connectivity index (χ2v) is 6.70. The lowest BCUT2D eigenvalue weighted by Crippen LogP contribution is -2.18. The number of rotatable bonds is 7. The maximum Gasteiger partial charge on any atom is 0.326 e. The average molecular weight is 392 g/mol. The van der Waals surface area contributed by atoms with Crippen LogP contribution in [-0.2, 0) is 22.5 Å². The zero-order valence-corrected chi connectivity index (χ0v) is 15.7. The van der Waals surface area contributed by atoms with Crippen molar-refractivity contribution in [1.29, 1.82) is 0 Å². The normalized spacial score (nSPS) is 11.2. The molecule has 8 nitrogen and oxygen atoms in total. The molecule has 0 amide bonds. The largest absolute Gasteiger partial charge is 0.466 e. The van der Waals surface area contributed by atoms with Gasteiger partial charge in [0, 0.05) is 13.0 Å². The van der Waals surface area contributed by atoms with Crippen molar-refractivity contribution in [2.45, 2.75) is 25.8 Å². The summed E-state index contributed by atoms with van der Waals surface area (Å²) in [7, 11) is 0. The highest BCUT2D eigenvalue weighted by molar-refractivity contribution is 5.77. The highest BCUT2D eigenvalue weighted by Crippen LogP contribution is 2.10. The first-order chi connectivity index (χ1) is 14.1. The van der Waals surface area contributed by atoms with Crippen molar-refractivity contribution in [3.05, 3.63) is 75.2 Å². The molecule has 0 bridgehead atoms. The molecule has 0 aliphatic heterocycles. The Kier molecular flexibility index (Phi) is 5.24. The van der Waals surface area contributed by atoms with Crippen molar-refractivity contribution < 1.29 is 9.53 Å². The summed E-state index contributed by atoms with van der Waals surface area (Å²) in [6.45, 7) is 0.669. The molecule has 0 aliphatic rings. The first-order valence-corrected chi connectivity index (χ1v) is 9.43. The van der Waals surface area contributed by atoms with E-state index < -0.39 is 0 Å². The van der Waals surface area contributed by atoms with E-state index in [-0.39, 0.29) is 30.2 Å². The molecular formula is C21H20N4O4. The molecule has 29 heavy (non-hydrogen) atoms. The maximum atomic E-state index is 12.0. The van der Waals surface area contributed by atoms with Gasteiger partial charge in [-0.1, -0.05) is 24.3 Å². The molecule has 2 N–H and O–H groups in total. The van der Waals surface area contributed by atoms with Crippen LogP contribution in [0.25, 0.3) is 21.9 Å². The number of imidazole rings is 1. The van der Waals surface area contributed by atoms with Crippen molar-refractivity contribution >= 4 is 27.9 Å². The predicted molar refractivity (Wildman–Crippen MR) is 109 cm³/mol. The minimum atomic E-state index is -0.368. The van der Waals surface area contributed by atoms with Gasteiger partial charge < -0.3 is 14.7 Å². The van der Waals surface area contributed by atoms with Crippen LogP contribution in [0.5, 0.6) is 0 Å². The minimum Gasteiger partial charge on any atom is -0.466 e. The molecule has 2 heterocycles. The molecule has 0 aliphatic carbocycles. The smallest absolute Gasteiger partial charge is 0.326 e. The molecule has 0 atom stereocenters. The Balaban J connectivity index is 1.28. The number of aromatic nitrogens is 4. The van der Waals surface area contributed by atoms with Crippen LogP contribution in [-0.4, -0.2) is 32.1 Å². The van der Waals surface area contributed by atoms with Crippen LogP contribution in [0.4, 0.5) is 0 Å².